The van der Waals surface area contributed by atoms with Crippen LogP contribution < -0.4 is 0 Å². The Kier molecular flexibility index (Phi) is 5.88. The van der Waals surface area contributed by atoms with Crippen molar-refractivity contribution < 1.29 is 14.5 Å². The van der Waals surface area contributed by atoms with Gasteiger partial charge < -0.3 is 9.30 Å². The predicted octanol–water partition coefficient (Wildman–Crippen LogP) is 3.87. The zero-order valence-electron chi connectivity index (χ0n) is 15.0. The van der Waals surface area contributed by atoms with Crippen LogP contribution in [0.15, 0.2) is 47.6 Å². The Hall–Kier alpha value is -2.71. The van der Waals surface area contributed by atoms with Crippen LogP contribution in [0.5, 0.6) is 0 Å². The van der Waals surface area contributed by atoms with Crippen LogP contribution in [0.3, 0.4) is 0 Å². The Morgan fingerprint density at radius 1 is 1.30 bits per heavy atom. The average Bonchev–Trinajstić information content (AvgIpc) is 3.02. The second-order valence-corrected chi connectivity index (χ2v) is 6.94. The molecule has 0 amide bonds. The van der Waals surface area contributed by atoms with E-state index in [1.54, 1.807) is 26.2 Å². The lowest BCUT2D eigenvalue weighted by atomic mass is 10.1. The largest absolute Gasteiger partial charge is 0.383 e. The maximum atomic E-state index is 12.5. The van der Waals surface area contributed by atoms with Crippen LogP contribution in [0, 0.1) is 17.0 Å². The van der Waals surface area contributed by atoms with E-state index in [1.807, 2.05) is 28.8 Å². The fourth-order valence-electron chi connectivity index (χ4n) is 2.76. The third-order valence-electron chi connectivity index (χ3n) is 4.20. The number of ether oxygens (including phenoxy) is 1. The van der Waals surface area contributed by atoms with E-state index in [-0.39, 0.29) is 17.2 Å². The van der Waals surface area contributed by atoms with E-state index in [0.29, 0.717) is 24.3 Å². The first-order valence-corrected chi connectivity index (χ1v) is 9.35. The highest BCUT2D eigenvalue weighted by Crippen LogP contribution is 2.26. The molecule has 0 saturated heterocycles. The van der Waals surface area contributed by atoms with Gasteiger partial charge in [-0.3, -0.25) is 14.9 Å². The Balaban J connectivity index is 1.81. The maximum absolute atomic E-state index is 12.5. The molecule has 140 valence electrons. The predicted molar refractivity (Wildman–Crippen MR) is 104 cm³/mol. The van der Waals surface area contributed by atoms with Gasteiger partial charge in [0.15, 0.2) is 10.9 Å². The molecular formula is C19H19N3O4S. The number of imidazole rings is 1. The number of thioether (sulfide) groups is 1. The molecule has 7 nitrogen and oxygen atoms in total. The van der Waals surface area contributed by atoms with Crippen molar-refractivity contribution in [2.24, 2.45) is 0 Å². The van der Waals surface area contributed by atoms with Gasteiger partial charge in [0, 0.05) is 30.8 Å². The van der Waals surface area contributed by atoms with Crippen molar-refractivity contribution in [1.29, 1.82) is 0 Å². The van der Waals surface area contributed by atoms with Crippen molar-refractivity contribution in [2.75, 3.05) is 19.5 Å². The highest BCUT2D eigenvalue weighted by atomic mass is 32.2. The zero-order chi connectivity index (χ0) is 19.4. The molecule has 0 aliphatic carbocycles. The fourth-order valence-corrected chi connectivity index (χ4v) is 3.69. The number of fused-ring (bicyclic) bond motifs is 1. The van der Waals surface area contributed by atoms with Crippen LogP contribution in [0.2, 0.25) is 0 Å². The second kappa shape index (κ2) is 8.32. The molecule has 0 N–H and O–H groups in total. The SMILES string of the molecule is COCCn1c(SCC(=O)c2ccc(C)c([N+](=O)[O-])c2)nc2ccccc21. The summed E-state index contributed by atoms with van der Waals surface area (Å²) in [6, 6.07) is 12.3. The molecule has 1 heterocycles. The van der Waals surface area contributed by atoms with Gasteiger partial charge in [0.25, 0.3) is 5.69 Å². The molecule has 27 heavy (non-hydrogen) atoms. The fraction of sp³-hybridized carbons (Fsp3) is 0.263. The molecule has 0 spiro atoms. The normalized spacial score (nSPS) is 11.0. The first kappa shape index (κ1) is 19.1. The number of Topliss-reactive ketones (excluding diaryl/α,β-unsaturated/α-hetero) is 1. The third-order valence-corrected chi connectivity index (χ3v) is 5.18. The molecular weight excluding hydrogens is 366 g/mol. The minimum atomic E-state index is -0.469. The quantitative estimate of drug-likeness (QED) is 0.253. The molecule has 0 atom stereocenters. The van der Waals surface area contributed by atoms with E-state index in [0.717, 1.165) is 16.2 Å². The number of methoxy groups -OCH3 is 1. The number of nitrogens with zero attached hydrogens (tertiary/aromatic N) is 3. The molecule has 0 unspecified atom stereocenters. The average molecular weight is 385 g/mol. The van der Waals surface area contributed by atoms with Gasteiger partial charge >= 0.3 is 0 Å². The molecule has 3 aromatic rings. The number of nitro benzene ring substituents is 1. The summed E-state index contributed by atoms with van der Waals surface area (Å²) in [5.41, 5.74) is 2.66. The van der Waals surface area contributed by atoms with Crippen LogP contribution in [0.25, 0.3) is 11.0 Å². The molecule has 0 bridgehead atoms. The molecule has 8 heteroatoms. The minimum Gasteiger partial charge on any atom is -0.383 e. The van der Waals surface area contributed by atoms with E-state index in [4.69, 9.17) is 4.74 Å². The van der Waals surface area contributed by atoms with Gasteiger partial charge in [0.2, 0.25) is 0 Å². The number of hydrogen-bond donors (Lipinski definition) is 0. The highest BCUT2D eigenvalue weighted by Gasteiger charge is 2.17. The summed E-state index contributed by atoms with van der Waals surface area (Å²) in [4.78, 5) is 27.8. The number of hydrogen-bond acceptors (Lipinski definition) is 6. The maximum Gasteiger partial charge on any atom is 0.273 e. The van der Waals surface area contributed by atoms with Crippen molar-refractivity contribution >= 4 is 34.3 Å². The Labute approximate surface area is 160 Å². The number of ketones is 1. The van der Waals surface area contributed by atoms with Crippen LogP contribution in [-0.4, -0.2) is 39.7 Å². The van der Waals surface area contributed by atoms with Crippen molar-refractivity contribution in [2.45, 2.75) is 18.6 Å². The lowest BCUT2D eigenvalue weighted by Crippen LogP contribution is -2.08. The first-order chi connectivity index (χ1) is 13.0. The number of rotatable bonds is 8. The lowest BCUT2D eigenvalue weighted by Gasteiger charge is -2.08. The number of carbonyl (C=O) groups is 1. The van der Waals surface area contributed by atoms with E-state index >= 15 is 0 Å². The third kappa shape index (κ3) is 4.17. The molecule has 3 rings (SSSR count). The number of carbonyl (C=O) groups excluding carboxylic acids is 1. The number of aromatic nitrogens is 2. The van der Waals surface area contributed by atoms with Crippen molar-refractivity contribution in [3.63, 3.8) is 0 Å². The number of aryl methyl sites for hydroxylation is 1. The van der Waals surface area contributed by atoms with Crippen LogP contribution in [0.4, 0.5) is 5.69 Å². The summed E-state index contributed by atoms with van der Waals surface area (Å²) in [6.45, 7) is 2.81. The minimum absolute atomic E-state index is 0.0433. The summed E-state index contributed by atoms with van der Waals surface area (Å²) < 4.78 is 7.19. The summed E-state index contributed by atoms with van der Waals surface area (Å²) in [7, 11) is 1.64. The van der Waals surface area contributed by atoms with Crippen molar-refractivity contribution in [3.8, 4) is 0 Å². The lowest BCUT2D eigenvalue weighted by molar-refractivity contribution is -0.385. The molecule has 2 aromatic carbocycles. The van der Waals surface area contributed by atoms with Gasteiger partial charge in [-0.05, 0) is 19.1 Å². The number of para-hydroxylation sites is 2. The van der Waals surface area contributed by atoms with Crippen LogP contribution in [0.1, 0.15) is 15.9 Å². The first-order valence-electron chi connectivity index (χ1n) is 8.36. The summed E-state index contributed by atoms with van der Waals surface area (Å²) in [6.07, 6.45) is 0. The highest BCUT2D eigenvalue weighted by molar-refractivity contribution is 7.99. The molecule has 0 fully saturated rings. The van der Waals surface area contributed by atoms with E-state index in [1.165, 1.54) is 17.8 Å². The van der Waals surface area contributed by atoms with Crippen molar-refractivity contribution in [3.05, 3.63) is 63.7 Å². The molecule has 0 aliphatic rings. The molecule has 1 aromatic heterocycles. The number of benzene rings is 2. The summed E-state index contributed by atoms with van der Waals surface area (Å²) >= 11 is 1.32. The monoisotopic (exact) mass is 385 g/mol. The Bertz CT molecular complexity index is 1000. The zero-order valence-corrected chi connectivity index (χ0v) is 15.9. The van der Waals surface area contributed by atoms with Crippen LogP contribution >= 0.6 is 11.8 Å². The van der Waals surface area contributed by atoms with Gasteiger partial charge in [0.1, 0.15) is 0 Å². The van der Waals surface area contributed by atoms with E-state index in [9.17, 15) is 14.9 Å². The topological polar surface area (TPSA) is 87.3 Å². The Morgan fingerprint density at radius 3 is 2.81 bits per heavy atom. The van der Waals surface area contributed by atoms with Crippen molar-refractivity contribution in [1.82, 2.24) is 9.55 Å². The Morgan fingerprint density at radius 2 is 2.07 bits per heavy atom. The molecule has 0 saturated carbocycles. The smallest absolute Gasteiger partial charge is 0.273 e. The van der Waals surface area contributed by atoms with E-state index < -0.39 is 4.92 Å². The second-order valence-electron chi connectivity index (χ2n) is 6.00. The van der Waals surface area contributed by atoms with Gasteiger partial charge in [0.05, 0.1) is 28.3 Å². The van der Waals surface area contributed by atoms with E-state index in [2.05, 4.69) is 4.98 Å². The summed E-state index contributed by atoms with van der Waals surface area (Å²) in [5.74, 6) is -0.0234. The standard InChI is InChI=1S/C19H19N3O4S/c1-13-7-8-14(11-17(13)22(24)25)18(23)12-27-19-20-15-5-3-4-6-16(15)21(19)9-10-26-2/h3-8,11H,9-10,12H2,1-2H3. The van der Waals surface area contributed by atoms with Gasteiger partial charge in [-0.2, -0.15) is 0 Å². The molecule has 0 radical (unpaired) electrons. The van der Waals surface area contributed by atoms with Crippen LogP contribution in [-0.2, 0) is 11.3 Å². The molecule has 0 aliphatic heterocycles. The summed E-state index contributed by atoms with van der Waals surface area (Å²) in [5, 5.41) is 11.8. The van der Waals surface area contributed by atoms with Gasteiger partial charge in [-0.1, -0.05) is 36.0 Å². The van der Waals surface area contributed by atoms with Gasteiger partial charge in [-0.25, -0.2) is 4.98 Å². The van der Waals surface area contributed by atoms with Gasteiger partial charge in [-0.15, -0.1) is 0 Å². The number of nitro groups is 1.